The molecule has 240 valence electrons. The van der Waals surface area contributed by atoms with Crippen LogP contribution in [0.3, 0.4) is 0 Å². The van der Waals surface area contributed by atoms with Crippen LogP contribution in [0, 0.1) is 0 Å². The monoisotopic (exact) mass is 596 g/mol. The van der Waals surface area contributed by atoms with E-state index >= 15 is 0 Å². The lowest BCUT2D eigenvalue weighted by Crippen LogP contribution is -2.69. The molecule has 0 radical (unpaired) electrons. The van der Waals surface area contributed by atoms with E-state index < -0.39 is 92.0 Å². The molecule has 2 aliphatic heterocycles. The van der Waals surface area contributed by atoms with Crippen LogP contribution in [-0.2, 0) is 23.7 Å². The zero-order chi connectivity index (χ0) is 30.3. The molecule has 2 saturated heterocycles. The van der Waals surface area contributed by atoms with Gasteiger partial charge in [-0.1, -0.05) is 0 Å². The molecule has 14 atom stereocenters. The molecule has 17 heteroatoms. The number of hydrogen-bond donors (Lipinski definition) is 12. The Bertz CT molecular complexity index is 803. The van der Waals surface area contributed by atoms with E-state index in [0.717, 1.165) is 0 Å². The van der Waals surface area contributed by atoms with Crippen molar-refractivity contribution in [3.63, 3.8) is 0 Å². The fourth-order valence-electron chi connectivity index (χ4n) is 5.34. The van der Waals surface area contributed by atoms with Gasteiger partial charge < -0.3 is 83.2 Å². The Morgan fingerprint density at radius 3 is 2.32 bits per heavy atom. The second-order valence-corrected chi connectivity index (χ2v) is 10.9. The molecule has 0 unspecified atom stereocenters. The van der Waals surface area contributed by atoms with Gasteiger partial charge in [0.2, 0.25) is 5.91 Å². The van der Waals surface area contributed by atoms with Crippen LogP contribution in [0.5, 0.6) is 0 Å². The number of amides is 1. The van der Waals surface area contributed by atoms with Gasteiger partial charge in [0.15, 0.2) is 12.6 Å². The third kappa shape index (κ3) is 8.71. The predicted octanol–water partition coefficient (Wildman–Crippen LogP) is -6.78. The van der Waals surface area contributed by atoms with Gasteiger partial charge in [0.05, 0.1) is 37.4 Å². The molecule has 0 bridgehead atoms. The molecule has 0 aromatic rings. The van der Waals surface area contributed by atoms with Crippen LogP contribution >= 0.6 is 0 Å². The van der Waals surface area contributed by atoms with Crippen molar-refractivity contribution in [1.29, 1.82) is 0 Å². The highest BCUT2D eigenvalue weighted by Gasteiger charge is 2.51. The number of rotatable bonds is 13. The Morgan fingerprint density at radius 1 is 0.951 bits per heavy atom. The number of carbonyl (C=O) groups is 1. The van der Waals surface area contributed by atoms with Gasteiger partial charge >= 0.3 is 0 Å². The van der Waals surface area contributed by atoms with Gasteiger partial charge in [-0.25, -0.2) is 0 Å². The minimum atomic E-state index is -1.56. The minimum absolute atomic E-state index is 0.00890. The maximum absolute atomic E-state index is 12.6. The van der Waals surface area contributed by atoms with Crippen LogP contribution in [-0.4, -0.2) is 155 Å². The van der Waals surface area contributed by atoms with Crippen molar-refractivity contribution in [3.05, 3.63) is 0 Å². The quantitative estimate of drug-likeness (QED) is 0.0879. The van der Waals surface area contributed by atoms with Gasteiger partial charge in [0.1, 0.15) is 42.7 Å². The molecule has 3 fully saturated rings. The first kappa shape index (κ1) is 34.4. The van der Waals surface area contributed by atoms with Gasteiger partial charge in [-0.2, -0.15) is 0 Å². The number of nitrogens with two attached hydrogens (primary N) is 4. The van der Waals surface area contributed by atoms with Gasteiger partial charge in [0, 0.05) is 19.1 Å². The van der Waals surface area contributed by atoms with Crippen molar-refractivity contribution in [2.24, 2.45) is 22.9 Å². The molecule has 0 spiro atoms. The summed E-state index contributed by atoms with van der Waals surface area (Å²) >= 11 is 0. The molecule has 17 nitrogen and oxygen atoms in total. The van der Waals surface area contributed by atoms with E-state index in [2.05, 4.69) is 10.6 Å². The Labute approximate surface area is 238 Å². The smallest absolute Gasteiger partial charge is 0.249 e. The summed E-state index contributed by atoms with van der Waals surface area (Å²) in [7, 11) is 0. The maximum Gasteiger partial charge on any atom is 0.249 e. The van der Waals surface area contributed by atoms with E-state index in [1.807, 2.05) is 0 Å². The first-order chi connectivity index (χ1) is 19.5. The van der Waals surface area contributed by atoms with E-state index in [0.29, 0.717) is 25.9 Å². The van der Waals surface area contributed by atoms with Crippen LogP contribution in [0.4, 0.5) is 0 Å². The maximum atomic E-state index is 12.6. The van der Waals surface area contributed by atoms with Crippen LogP contribution < -0.4 is 33.6 Å². The lowest BCUT2D eigenvalue weighted by atomic mass is 9.83. The molecule has 3 rings (SSSR count). The number of aliphatic hydroxyl groups excluding tert-OH is 6. The first-order valence-corrected chi connectivity index (χ1v) is 14.1. The van der Waals surface area contributed by atoms with Gasteiger partial charge in [0.25, 0.3) is 0 Å². The summed E-state index contributed by atoms with van der Waals surface area (Å²) in [6.07, 6.45) is -11.0. The summed E-state index contributed by atoms with van der Waals surface area (Å²) in [5, 5.41) is 66.7. The average Bonchev–Trinajstić information content (AvgIpc) is 2.94. The summed E-state index contributed by atoms with van der Waals surface area (Å²) in [6, 6.07) is -3.61. The van der Waals surface area contributed by atoms with Crippen molar-refractivity contribution in [3.8, 4) is 0 Å². The van der Waals surface area contributed by atoms with E-state index in [9.17, 15) is 30.3 Å². The number of ether oxygens (including phenoxy) is 4. The van der Waals surface area contributed by atoms with Crippen LogP contribution in [0.1, 0.15) is 25.7 Å². The fourth-order valence-corrected chi connectivity index (χ4v) is 5.34. The topological polar surface area (TPSA) is 304 Å². The highest BCUT2D eigenvalue weighted by atomic mass is 16.7. The van der Waals surface area contributed by atoms with E-state index in [1.54, 1.807) is 0 Å². The Balaban J connectivity index is 1.79. The SMILES string of the molecule is NCC[C@H](O)C(=O)N[C@@H]1C[C@H](N)[C@@H](O[C@H]2O[C@H](CNCCO)CC[C@H]2N)[C@H](O)[C@H]1O[C@H]1O[C@H](CO)[C@@H](O)[C@H](N)[C@H]1O. The van der Waals surface area contributed by atoms with Crippen molar-refractivity contribution in [2.45, 2.75) is 111 Å². The normalized spacial score (nSPS) is 42.5. The summed E-state index contributed by atoms with van der Waals surface area (Å²) in [6.45, 7) is 0.247. The minimum Gasteiger partial charge on any atom is -0.395 e. The van der Waals surface area contributed by atoms with Crippen molar-refractivity contribution < 1.29 is 54.4 Å². The van der Waals surface area contributed by atoms with Crippen LogP contribution in [0.15, 0.2) is 0 Å². The summed E-state index contributed by atoms with van der Waals surface area (Å²) in [5.74, 6) is -0.769. The molecular weight excluding hydrogens is 548 g/mol. The molecule has 41 heavy (non-hydrogen) atoms. The molecule has 0 aromatic heterocycles. The van der Waals surface area contributed by atoms with Crippen LogP contribution in [0.2, 0.25) is 0 Å². The van der Waals surface area contributed by atoms with Gasteiger partial charge in [-0.05, 0) is 32.2 Å². The average molecular weight is 597 g/mol. The standard InChI is InChI=1S/C24H48N6O11/c25-4-3-14(33)22(37)30-13-7-12(27)20(40-23-11(26)2-1-10(38-23)8-29-5-6-31)19(36)21(13)41-24-18(35)16(28)17(34)15(9-32)39-24/h10-21,23-24,29,31-36H,1-9,25-28H2,(H,30,37)/t10-,11+,12-,13+,14-,15+,16-,17+,18+,19-,20+,21-,23+,24+/m0/s1. The Morgan fingerprint density at radius 2 is 1.66 bits per heavy atom. The van der Waals surface area contributed by atoms with Gasteiger partial charge in [-0.15, -0.1) is 0 Å². The highest BCUT2D eigenvalue weighted by Crippen LogP contribution is 2.31. The lowest BCUT2D eigenvalue weighted by Gasteiger charge is -2.48. The molecule has 1 amide bonds. The number of hydrogen-bond acceptors (Lipinski definition) is 16. The largest absolute Gasteiger partial charge is 0.395 e. The highest BCUT2D eigenvalue weighted by molar-refractivity contribution is 5.80. The van der Waals surface area contributed by atoms with Gasteiger partial charge in [-0.3, -0.25) is 4.79 Å². The van der Waals surface area contributed by atoms with E-state index in [1.165, 1.54) is 0 Å². The summed E-state index contributed by atoms with van der Waals surface area (Å²) in [4.78, 5) is 12.6. The molecule has 1 aliphatic carbocycles. The van der Waals surface area contributed by atoms with Crippen molar-refractivity contribution in [2.75, 3.05) is 32.8 Å². The second-order valence-electron chi connectivity index (χ2n) is 10.9. The third-order valence-corrected chi connectivity index (χ3v) is 7.77. The number of aliphatic hydroxyl groups is 6. The third-order valence-electron chi connectivity index (χ3n) is 7.77. The van der Waals surface area contributed by atoms with E-state index in [4.69, 9.17) is 47.0 Å². The Kier molecular flexibility index (Phi) is 13.5. The summed E-state index contributed by atoms with van der Waals surface area (Å²) < 4.78 is 23.6. The molecule has 3 aliphatic rings. The van der Waals surface area contributed by atoms with Crippen LogP contribution in [0.25, 0.3) is 0 Å². The Hall–Kier alpha value is -1.13. The molecule has 16 N–H and O–H groups in total. The van der Waals surface area contributed by atoms with Crippen molar-refractivity contribution in [1.82, 2.24) is 10.6 Å². The predicted molar refractivity (Wildman–Crippen MR) is 142 cm³/mol. The number of carbonyl (C=O) groups excluding carboxylic acids is 1. The molecular formula is C24H48N6O11. The summed E-state index contributed by atoms with van der Waals surface area (Å²) in [5.41, 5.74) is 24.0. The molecule has 0 aromatic carbocycles. The van der Waals surface area contributed by atoms with Crippen molar-refractivity contribution >= 4 is 5.91 Å². The zero-order valence-electron chi connectivity index (χ0n) is 23.0. The molecule has 1 saturated carbocycles. The van der Waals surface area contributed by atoms with E-state index in [-0.39, 0.29) is 32.1 Å². The molecule has 2 heterocycles. The fraction of sp³-hybridized carbons (Fsp3) is 0.958. The zero-order valence-corrected chi connectivity index (χ0v) is 23.0. The second kappa shape index (κ2) is 16.1. The number of nitrogens with one attached hydrogen (secondary N) is 2. The first-order valence-electron chi connectivity index (χ1n) is 14.1. The lowest BCUT2D eigenvalue weighted by molar-refractivity contribution is -0.314.